The molecule has 0 radical (unpaired) electrons. The number of amides is 1. The molecule has 0 saturated carbocycles. The predicted octanol–water partition coefficient (Wildman–Crippen LogP) is 1.76. The van der Waals surface area contributed by atoms with Crippen molar-refractivity contribution in [3.63, 3.8) is 0 Å². The van der Waals surface area contributed by atoms with Crippen LogP contribution in [0.2, 0.25) is 0 Å². The summed E-state index contributed by atoms with van der Waals surface area (Å²) >= 11 is 0. The van der Waals surface area contributed by atoms with E-state index < -0.39 is 19.7 Å². The fraction of sp³-hybridized carbons (Fsp3) is 0.667. The quantitative estimate of drug-likeness (QED) is 0.526. The molecule has 134 valence electrons. The lowest BCUT2D eigenvalue weighted by Crippen LogP contribution is -2.29. The van der Waals surface area contributed by atoms with Gasteiger partial charge in [0.1, 0.15) is 0 Å². The van der Waals surface area contributed by atoms with Gasteiger partial charge >= 0.3 is 0 Å². The van der Waals surface area contributed by atoms with Crippen molar-refractivity contribution in [2.75, 3.05) is 25.1 Å². The van der Waals surface area contributed by atoms with Crippen LogP contribution >= 0.6 is 0 Å². The Balaban J connectivity index is 4.05. The number of carbonyl (C=O) groups excluding carboxylic acids is 1. The molecule has 0 N–H and O–H groups in total. The highest BCUT2D eigenvalue weighted by Gasteiger charge is 2.14. The van der Waals surface area contributed by atoms with Crippen LogP contribution in [0.1, 0.15) is 32.6 Å². The maximum atomic E-state index is 11.8. The van der Waals surface area contributed by atoms with E-state index in [1.54, 1.807) is 7.05 Å². The first-order chi connectivity index (χ1) is 10.5. The van der Waals surface area contributed by atoms with Crippen molar-refractivity contribution in [3.05, 3.63) is 24.0 Å². The van der Waals surface area contributed by atoms with Gasteiger partial charge in [0.2, 0.25) is 5.91 Å². The summed E-state index contributed by atoms with van der Waals surface area (Å²) in [6.07, 6.45) is 2.04. The lowest BCUT2D eigenvalue weighted by Gasteiger charge is -2.18. The second-order valence-electron chi connectivity index (χ2n) is 5.67. The molecule has 1 amide bonds. The number of sulfone groups is 2. The Hall–Kier alpha value is -1.15. The molecule has 0 aromatic heterocycles. The highest BCUT2D eigenvalue weighted by Crippen LogP contribution is 2.13. The molecule has 0 rings (SSSR count). The molecular weight excluding hydrogens is 338 g/mol. The Morgan fingerprint density at radius 2 is 1.57 bits per heavy atom. The predicted molar refractivity (Wildman–Crippen MR) is 93.2 cm³/mol. The Bertz CT molecular complexity index is 608. The van der Waals surface area contributed by atoms with E-state index in [9.17, 15) is 21.6 Å². The fourth-order valence-corrected chi connectivity index (χ4v) is 3.42. The van der Waals surface area contributed by atoms with Gasteiger partial charge in [-0.05, 0) is 25.2 Å². The van der Waals surface area contributed by atoms with Crippen LogP contribution in [0.3, 0.4) is 0 Å². The minimum atomic E-state index is -3.35. The van der Waals surface area contributed by atoms with Crippen molar-refractivity contribution < 1.29 is 21.6 Å². The topological polar surface area (TPSA) is 88.6 Å². The minimum Gasteiger partial charge on any atom is -0.346 e. The van der Waals surface area contributed by atoms with Crippen LogP contribution in [0.4, 0.5) is 0 Å². The molecule has 0 spiro atoms. The first kappa shape index (κ1) is 21.9. The zero-order valence-electron chi connectivity index (χ0n) is 13.9. The van der Waals surface area contributed by atoms with E-state index in [0.717, 1.165) is 23.7 Å². The lowest BCUT2D eigenvalue weighted by molar-refractivity contribution is -0.129. The van der Waals surface area contributed by atoms with Crippen molar-refractivity contribution in [1.29, 1.82) is 0 Å². The van der Waals surface area contributed by atoms with Crippen LogP contribution in [-0.2, 0) is 24.5 Å². The molecule has 1 atom stereocenters. The molecule has 0 aliphatic rings. The van der Waals surface area contributed by atoms with Crippen molar-refractivity contribution in [2.24, 2.45) is 5.92 Å². The fourth-order valence-electron chi connectivity index (χ4n) is 1.90. The summed E-state index contributed by atoms with van der Waals surface area (Å²) in [5, 5.41) is 1.84. The molecule has 0 heterocycles. The summed E-state index contributed by atoms with van der Waals surface area (Å²) in [5.41, 5.74) is 0. The summed E-state index contributed by atoms with van der Waals surface area (Å²) in [5.74, 6) is -0.131. The molecule has 0 fully saturated rings. The van der Waals surface area contributed by atoms with E-state index in [2.05, 4.69) is 13.2 Å². The third kappa shape index (κ3) is 10.3. The van der Waals surface area contributed by atoms with Crippen LogP contribution in [-0.4, -0.2) is 52.7 Å². The number of hydrogen-bond acceptors (Lipinski definition) is 5. The molecule has 0 saturated heterocycles. The first-order valence-electron chi connectivity index (χ1n) is 7.47. The molecule has 8 heteroatoms. The molecule has 6 nitrogen and oxygen atoms in total. The van der Waals surface area contributed by atoms with E-state index in [1.165, 1.54) is 4.90 Å². The average molecular weight is 366 g/mol. The van der Waals surface area contributed by atoms with E-state index in [4.69, 9.17) is 0 Å². The maximum absolute atomic E-state index is 11.8. The van der Waals surface area contributed by atoms with Gasteiger partial charge in [0.15, 0.2) is 19.7 Å². The van der Waals surface area contributed by atoms with Gasteiger partial charge in [0, 0.05) is 30.8 Å². The second kappa shape index (κ2) is 9.87. The monoisotopic (exact) mass is 365 g/mol. The maximum Gasteiger partial charge on any atom is 0.223 e. The first-order valence-corrected chi connectivity index (χ1v) is 10.9. The van der Waals surface area contributed by atoms with Crippen LogP contribution in [0.25, 0.3) is 0 Å². The summed E-state index contributed by atoms with van der Waals surface area (Å²) in [6.45, 7) is 8.97. The number of nitrogens with zero attached hydrogens (tertiary/aromatic N) is 1. The van der Waals surface area contributed by atoms with Gasteiger partial charge in [0.25, 0.3) is 0 Å². The summed E-state index contributed by atoms with van der Waals surface area (Å²) in [6, 6.07) is 0. The largest absolute Gasteiger partial charge is 0.346 e. The van der Waals surface area contributed by atoms with Crippen LogP contribution in [0.15, 0.2) is 24.0 Å². The second-order valence-corrected chi connectivity index (χ2v) is 9.80. The zero-order valence-corrected chi connectivity index (χ0v) is 15.5. The third-order valence-corrected chi connectivity index (χ3v) is 6.21. The standard InChI is InChI=1S/C15H27NO5S2/c1-5-22(18,19)12-9-14(3)8-7-11-16(4)15(17)10-13-23(20,21)6-2/h5-6,14H,1-2,7-13H2,3-4H3. The number of hydrogen-bond donors (Lipinski definition) is 0. The Morgan fingerprint density at radius 1 is 1.04 bits per heavy atom. The highest BCUT2D eigenvalue weighted by molar-refractivity contribution is 7.94. The Kier molecular flexibility index (Phi) is 9.38. The third-order valence-electron chi connectivity index (χ3n) is 3.62. The highest BCUT2D eigenvalue weighted by atomic mass is 32.2. The molecule has 0 aliphatic heterocycles. The van der Waals surface area contributed by atoms with Gasteiger partial charge in [-0.15, -0.1) is 0 Å². The normalized spacial score (nSPS) is 13.3. The number of carbonyl (C=O) groups is 1. The van der Waals surface area contributed by atoms with Gasteiger partial charge in [-0.25, -0.2) is 16.8 Å². The summed E-state index contributed by atoms with van der Waals surface area (Å²) in [7, 11) is -4.88. The van der Waals surface area contributed by atoms with Gasteiger partial charge in [-0.3, -0.25) is 4.79 Å². The zero-order chi connectivity index (χ0) is 18.1. The lowest BCUT2D eigenvalue weighted by atomic mass is 10.0. The molecule has 0 bridgehead atoms. The van der Waals surface area contributed by atoms with Gasteiger partial charge < -0.3 is 4.90 Å². The molecule has 23 heavy (non-hydrogen) atoms. The smallest absolute Gasteiger partial charge is 0.223 e. The van der Waals surface area contributed by atoms with Crippen LogP contribution in [0, 0.1) is 5.92 Å². The van der Waals surface area contributed by atoms with E-state index in [0.29, 0.717) is 13.0 Å². The van der Waals surface area contributed by atoms with Crippen LogP contribution in [0.5, 0.6) is 0 Å². The Labute approximate surface area is 140 Å². The van der Waals surface area contributed by atoms with Crippen molar-refractivity contribution in [3.8, 4) is 0 Å². The molecule has 0 aliphatic carbocycles. The van der Waals surface area contributed by atoms with Gasteiger partial charge in [-0.1, -0.05) is 20.1 Å². The summed E-state index contributed by atoms with van der Waals surface area (Å²) < 4.78 is 45.2. The van der Waals surface area contributed by atoms with Crippen molar-refractivity contribution >= 4 is 25.6 Å². The SMILES string of the molecule is C=CS(=O)(=O)CCC(=O)N(C)CCCC(C)CCS(=O)(=O)C=C. The molecule has 0 aromatic rings. The van der Waals surface area contributed by atoms with Crippen molar-refractivity contribution in [1.82, 2.24) is 4.90 Å². The molecule has 0 aromatic carbocycles. The van der Waals surface area contributed by atoms with E-state index in [1.807, 2.05) is 6.92 Å². The summed E-state index contributed by atoms with van der Waals surface area (Å²) in [4.78, 5) is 13.3. The van der Waals surface area contributed by atoms with Gasteiger partial charge in [0.05, 0.1) is 11.5 Å². The van der Waals surface area contributed by atoms with Gasteiger partial charge in [-0.2, -0.15) is 0 Å². The Morgan fingerprint density at radius 3 is 2.09 bits per heavy atom. The van der Waals surface area contributed by atoms with E-state index in [-0.39, 0.29) is 29.8 Å². The molecule has 1 unspecified atom stereocenters. The average Bonchev–Trinajstić information content (AvgIpc) is 2.50. The number of rotatable bonds is 12. The molecular formula is C15H27NO5S2. The van der Waals surface area contributed by atoms with Crippen molar-refractivity contribution in [2.45, 2.75) is 32.6 Å². The van der Waals surface area contributed by atoms with Crippen LogP contribution < -0.4 is 0 Å². The van der Waals surface area contributed by atoms with E-state index >= 15 is 0 Å². The minimum absolute atomic E-state index is 0.0576.